The minimum atomic E-state index is 0.410. The van der Waals surface area contributed by atoms with E-state index in [4.69, 9.17) is 4.74 Å². The number of para-hydroxylation sites is 1. The molecule has 0 spiro atoms. The third-order valence-electron chi connectivity index (χ3n) is 3.38. The highest BCUT2D eigenvalue weighted by Crippen LogP contribution is 2.41. The highest BCUT2D eigenvalue weighted by Gasteiger charge is 2.26. The zero-order chi connectivity index (χ0) is 13.1. The van der Waals surface area contributed by atoms with Crippen molar-refractivity contribution in [2.75, 3.05) is 24.3 Å². The van der Waals surface area contributed by atoms with Gasteiger partial charge in [0.2, 0.25) is 0 Å². The molecule has 0 unspecified atom stereocenters. The molecular formula is C16H17NOS. The maximum Gasteiger partial charge on any atom is 0.118 e. The predicted octanol–water partition coefficient (Wildman–Crippen LogP) is 3.95. The third-order valence-corrected chi connectivity index (χ3v) is 4.64. The fraction of sp³-hybridized carbons (Fsp3) is 0.250. The van der Waals surface area contributed by atoms with Gasteiger partial charge in [0.25, 0.3) is 0 Å². The van der Waals surface area contributed by atoms with E-state index in [2.05, 4.69) is 47.4 Å². The highest BCUT2D eigenvalue weighted by atomic mass is 32.2. The third kappa shape index (κ3) is 2.56. The summed E-state index contributed by atoms with van der Waals surface area (Å²) in [6.45, 7) is 1.10. The van der Waals surface area contributed by atoms with Gasteiger partial charge < -0.3 is 9.64 Å². The van der Waals surface area contributed by atoms with Gasteiger partial charge in [-0.1, -0.05) is 30.3 Å². The first kappa shape index (κ1) is 12.4. The molecule has 1 saturated heterocycles. The smallest absolute Gasteiger partial charge is 0.118 e. The van der Waals surface area contributed by atoms with Crippen LogP contribution in [0.3, 0.4) is 0 Å². The Kier molecular flexibility index (Phi) is 3.65. The Hall–Kier alpha value is -1.61. The average Bonchev–Trinajstić information content (AvgIpc) is 2.98. The zero-order valence-electron chi connectivity index (χ0n) is 11.0. The van der Waals surface area contributed by atoms with Gasteiger partial charge in [0.05, 0.1) is 7.11 Å². The van der Waals surface area contributed by atoms with Crippen LogP contribution in [0.2, 0.25) is 0 Å². The number of methoxy groups -OCH3 is 1. The van der Waals surface area contributed by atoms with Gasteiger partial charge in [-0.05, 0) is 29.8 Å². The average molecular weight is 271 g/mol. The van der Waals surface area contributed by atoms with Crippen LogP contribution >= 0.6 is 11.8 Å². The van der Waals surface area contributed by atoms with Crippen molar-refractivity contribution in [1.29, 1.82) is 0 Å². The van der Waals surface area contributed by atoms with E-state index in [0.29, 0.717) is 5.37 Å². The number of benzene rings is 2. The summed E-state index contributed by atoms with van der Waals surface area (Å²) in [5, 5.41) is 0.410. The van der Waals surface area contributed by atoms with Gasteiger partial charge in [0, 0.05) is 18.0 Å². The second-order valence-electron chi connectivity index (χ2n) is 4.53. The summed E-state index contributed by atoms with van der Waals surface area (Å²) in [7, 11) is 1.70. The SMILES string of the molecule is COc1ccc([C@@H]2SCCN2c2ccccc2)cc1. The summed E-state index contributed by atoms with van der Waals surface area (Å²) in [5.74, 6) is 2.09. The van der Waals surface area contributed by atoms with E-state index in [9.17, 15) is 0 Å². The van der Waals surface area contributed by atoms with E-state index in [1.807, 2.05) is 23.9 Å². The van der Waals surface area contributed by atoms with Crippen molar-refractivity contribution in [3.8, 4) is 5.75 Å². The van der Waals surface area contributed by atoms with Gasteiger partial charge in [0.15, 0.2) is 0 Å². The van der Waals surface area contributed by atoms with Crippen LogP contribution in [0.5, 0.6) is 5.75 Å². The molecule has 98 valence electrons. The summed E-state index contributed by atoms with van der Waals surface area (Å²) in [6.07, 6.45) is 0. The van der Waals surface area contributed by atoms with Crippen LogP contribution in [0.1, 0.15) is 10.9 Å². The monoisotopic (exact) mass is 271 g/mol. The van der Waals surface area contributed by atoms with Crippen molar-refractivity contribution in [3.63, 3.8) is 0 Å². The Labute approximate surface area is 118 Å². The zero-order valence-corrected chi connectivity index (χ0v) is 11.8. The molecule has 1 atom stereocenters. The molecule has 1 aliphatic rings. The van der Waals surface area contributed by atoms with Crippen molar-refractivity contribution >= 4 is 17.4 Å². The maximum atomic E-state index is 5.22. The number of ether oxygens (including phenoxy) is 1. The van der Waals surface area contributed by atoms with Crippen molar-refractivity contribution in [2.24, 2.45) is 0 Å². The quantitative estimate of drug-likeness (QED) is 0.838. The summed E-state index contributed by atoms with van der Waals surface area (Å²) in [6, 6.07) is 19.0. The fourth-order valence-electron chi connectivity index (χ4n) is 2.40. The lowest BCUT2D eigenvalue weighted by atomic mass is 10.2. The Morgan fingerprint density at radius 1 is 1.05 bits per heavy atom. The number of rotatable bonds is 3. The molecule has 1 aliphatic heterocycles. The second kappa shape index (κ2) is 5.57. The normalized spacial score (nSPS) is 18.6. The summed E-state index contributed by atoms with van der Waals surface area (Å²) >= 11 is 2.00. The molecule has 2 nitrogen and oxygen atoms in total. The molecule has 0 amide bonds. The molecule has 0 aliphatic carbocycles. The van der Waals surface area contributed by atoms with Gasteiger partial charge in [-0.25, -0.2) is 0 Å². The van der Waals surface area contributed by atoms with Crippen LogP contribution in [0, 0.1) is 0 Å². The van der Waals surface area contributed by atoms with Crippen molar-refractivity contribution in [1.82, 2.24) is 0 Å². The number of hydrogen-bond acceptors (Lipinski definition) is 3. The Morgan fingerprint density at radius 3 is 2.47 bits per heavy atom. The largest absolute Gasteiger partial charge is 0.497 e. The maximum absolute atomic E-state index is 5.22. The van der Waals surface area contributed by atoms with E-state index >= 15 is 0 Å². The van der Waals surface area contributed by atoms with Crippen molar-refractivity contribution in [2.45, 2.75) is 5.37 Å². The molecule has 19 heavy (non-hydrogen) atoms. The molecule has 3 rings (SSSR count). The Bertz CT molecular complexity index is 526. The minimum Gasteiger partial charge on any atom is -0.497 e. The number of hydrogen-bond donors (Lipinski definition) is 0. The van der Waals surface area contributed by atoms with E-state index in [1.54, 1.807) is 7.11 Å². The van der Waals surface area contributed by atoms with Gasteiger partial charge in [-0.2, -0.15) is 0 Å². The van der Waals surface area contributed by atoms with Crippen LogP contribution in [0.4, 0.5) is 5.69 Å². The molecule has 0 radical (unpaired) electrons. The highest BCUT2D eigenvalue weighted by molar-refractivity contribution is 7.99. The first-order chi connectivity index (χ1) is 9.38. The van der Waals surface area contributed by atoms with Crippen LogP contribution < -0.4 is 9.64 Å². The molecule has 0 aromatic heterocycles. The molecular weight excluding hydrogens is 254 g/mol. The molecule has 2 aromatic carbocycles. The molecule has 3 heteroatoms. The van der Waals surface area contributed by atoms with Gasteiger partial charge in [-0.3, -0.25) is 0 Å². The van der Waals surface area contributed by atoms with Gasteiger partial charge in [0.1, 0.15) is 11.1 Å². The van der Waals surface area contributed by atoms with E-state index in [-0.39, 0.29) is 0 Å². The number of anilines is 1. The fourth-order valence-corrected chi connectivity index (χ4v) is 3.68. The second-order valence-corrected chi connectivity index (χ2v) is 5.71. The lowest BCUT2D eigenvalue weighted by Crippen LogP contribution is -2.21. The van der Waals surface area contributed by atoms with Crippen LogP contribution in [-0.2, 0) is 0 Å². The standard InChI is InChI=1S/C16H17NOS/c1-18-15-9-7-13(8-10-15)16-17(11-12-19-16)14-5-3-2-4-6-14/h2-10,16H,11-12H2,1H3/t16-/m0/s1. The Morgan fingerprint density at radius 2 is 1.79 bits per heavy atom. The first-order valence-corrected chi connectivity index (χ1v) is 7.50. The summed E-state index contributed by atoms with van der Waals surface area (Å²) in [5.41, 5.74) is 2.64. The molecule has 1 heterocycles. The van der Waals surface area contributed by atoms with E-state index < -0.39 is 0 Å². The van der Waals surface area contributed by atoms with Crippen LogP contribution in [0.25, 0.3) is 0 Å². The van der Waals surface area contributed by atoms with E-state index in [0.717, 1.165) is 12.3 Å². The summed E-state index contributed by atoms with van der Waals surface area (Å²) < 4.78 is 5.22. The van der Waals surface area contributed by atoms with Gasteiger partial charge in [-0.15, -0.1) is 11.8 Å². The number of thioether (sulfide) groups is 1. The predicted molar refractivity (Wildman–Crippen MR) is 82.0 cm³/mol. The van der Waals surface area contributed by atoms with Gasteiger partial charge >= 0.3 is 0 Å². The molecule has 2 aromatic rings. The summed E-state index contributed by atoms with van der Waals surface area (Å²) in [4.78, 5) is 2.46. The van der Waals surface area contributed by atoms with E-state index in [1.165, 1.54) is 17.0 Å². The lowest BCUT2D eigenvalue weighted by Gasteiger charge is -2.26. The van der Waals surface area contributed by atoms with Crippen molar-refractivity contribution < 1.29 is 4.74 Å². The molecule has 0 saturated carbocycles. The molecule has 1 fully saturated rings. The van der Waals surface area contributed by atoms with Crippen molar-refractivity contribution in [3.05, 3.63) is 60.2 Å². The Balaban J connectivity index is 1.86. The lowest BCUT2D eigenvalue weighted by molar-refractivity contribution is 0.414. The van der Waals surface area contributed by atoms with Crippen LogP contribution in [-0.4, -0.2) is 19.4 Å². The topological polar surface area (TPSA) is 12.5 Å². The number of nitrogens with zero attached hydrogens (tertiary/aromatic N) is 1. The molecule has 0 N–H and O–H groups in total. The molecule has 0 bridgehead atoms. The minimum absolute atomic E-state index is 0.410. The first-order valence-electron chi connectivity index (χ1n) is 6.46. The van der Waals surface area contributed by atoms with Crippen LogP contribution in [0.15, 0.2) is 54.6 Å².